The Kier molecular flexibility index (Phi) is 3.87. The molecule has 2 aromatic heterocycles. The van der Waals surface area contributed by atoms with Crippen LogP contribution in [0.15, 0.2) is 58.9 Å². The highest BCUT2D eigenvalue weighted by atomic mass is 32.2. The predicted octanol–water partition coefficient (Wildman–Crippen LogP) is 5.05. The lowest BCUT2D eigenvalue weighted by atomic mass is 10.2. The van der Waals surface area contributed by atoms with Crippen molar-refractivity contribution in [2.24, 2.45) is 0 Å². The molecule has 0 unspecified atom stereocenters. The first-order chi connectivity index (χ1) is 11.7. The molecule has 2 aromatic carbocycles. The maximum absolute atomic E-state index is 10.8. The molecule has 7 heteroatoms. The largest absolute Gasteiger partial charge is 0.270 e. The molecule has 0 N–H and O–H groups in total. The summed E-state index contributed by atoms with van der Waals surface area (Å²) >= 11 is 3.07. The predicted molar refractivity (Wildman–Crippen MR) is 97.6 cm³/mol. The smallest absolute Gasteiger partial charge is 0.258 e. The van der Waals surface area contributed by atoms with Gasteiger partial charge in [0.1, 0.15) is 0 Å². The number of non-ortho nitro benzene ring substituents is 1. The number of para-hydroxylation sites is 1. The second kappa shape index (κ2) is 6.18. The van der Waals surface area contributed by atoms with E-state index in [0.29, 0.717) is 5.75 Å². The number of benzene rings is 2. The van der Waals surface area contributed by atoms with Gasteiger partial charge < -0.3 is 0 Å². The number of hydrogen-bond acceptors (Lipinski definition) is 6. The summed E-state index contributed by atoms with van der Waals surface area (Å²) in [5.41, 5.74) is 2.86. The minimum absolute atomic E-state index is 0.0962. The molecule has 4 rings (SSSR count). The van der Waals surface area contributed by atoms with Gasteiger partial charge in [0.05, 0.1) is 26.4 Å². The minimum atomic E-state index is -0.384. The summed E-state index contributed by atoms with van der Waals surface area (Å²) < 4.78 is 1.72. The zero-order valence-electron chi connectivity index (χ0n) is 12.4. The fourth-order valence-electron chi connectivity index (χ4n) is 2.39. The van der Waals surface area contributed by atoms with Crippen molar-refractivity contribution in [1.82, 2.24) is 9.97 Å². The molecule has 2 heterocycles. The van der Waals surface area contributed by atoms with Crippen LogP contribution in [-0.2, 0) is 5.75 Å². The van der Waals surface area contributed by atoms with Gasteiger partial charge in [-0.15, -0.1) is 11.3 Å². The van der Waals surface area contributed by atoms with E-state index in [-0.39, 0.29) is 10.6 Å². The SMILES string of the molecule is O=[N+]([O-])c1ccc2nc(SCc3ccc4ccccc4n3)sc2c1. The molecule has 0 aliphatic carbocycles. The number of pyridine rings is 1. The average molecular weight is 353 g/mol. The highest BCUT2D eigenvalue weighted by Gasteiger charge is 2.11. The minimum Gasteiger partial charge on any atom is -0.258 e. The van der Waals surface area contributed by atoms with Gasteiger partial charge in [0.15, 0.2) is 4.34 Å². The summed E-state index contributed by atoms with van der Waals surface area (Å²) in [5, 5.41) is 12.0. The van der Waals surface area contributed by atoms with Gasteiger partial charge in [0, 0.05) is 23.3 Å². The van der Waals surface area contributed by atoms with Crippen LogP contribution >= 0.6 is 23.1 Å². The van der Waals surface area contributed by atoms with Crippen molar-refractivity contribution >= 4 is 49.9 Å². The Balaban J connectivity index is 1.56. The maximum atomic E-state index is 10.8. The molecule has 0 spiro atoms. The maximum Gasteiger partial charge on any atom is 0.270 e. The van der Waals surface area contributed by atoms with E-state index >= 15 is 0 Å². The molecule has 5 nitrogen and oxygen atoms in total. The van der Waals surface area contributed by atoms with Crippen molar-refractivity contribution in [1.29, 1.82) is 0 Å². The monoisotopic (exact) mass is 353 g/mol. The molecule has 0 radical (unpaired) electrons. The van der Waals surface area contributed by atoms with Crippen molar-refractivity contribution in [2.45, 2.75) is 10.1 Å². The molecule has 0 amide bonds. The van der Waals surface area contributed by atoms with E-state index in [1.165, 1.54) is 17.4 Å². The van der Waals surface area contributed by atoms with Gasteiger partial charge in [0.25, 0.3) is 5.69 Å². The van der Waals surface area contributed by atoms with E-state index in [0.717, 1.165) is 31.2 Å². The number of nitrogens with zero attached hydrogens (tertiary/aromatic N) is 3. The summed E-state index contributed by atoms with van der Waals surface area (Å²) in [7, 11) is 0. The fourth-order valence-corrected chi connectivity index (χ4v) is 4.40. The van der Waals surface area contributed by atoms with Crippen LogP contribution in [0.2, 0.25) is 0 Å². The van der Waals surface area contributed by atoms with Crippen molar-refractivity contribution < 1.29 is 4.92 Å². The number of hydrogen-bond donors (Lipinski definition) is 0. The van der Waals surface area contributed by atoms with Crippen molar-refractivity contribution in [3.63, 3.8) is 0 Å². The molecule has 4 aromatic rings. The fraction of sp³-hybridized carbons (Fsp3) is 0.0588. The summed E-state index contributed by atoms with van der Waals surface area (Å²) in [6, 6.07) is 16.9. The molecule has 0 fully saturated rings. The Bertz CT molecular complexity index is 1060. The molecule has 0 atom stereocenters. The zero-order chi connectivity index (χ0) is 16.5. The lowest BCUT2D eigenvalue weighted by Crippen LogP contribution is -1.87. The van der Waals surface area contributed by atoms with Crippen molar-refractivity contribution in [3.8, 4) is 0 Å². The number of nitro groups is 1. The van der Waals surface area contributed by atoms with Crippen LogP contribution in [0.4, 0.5) is 5.69 Å². The normalized spacial score (nSPS) is 11.2. The summed E-state index contributed by atoms with van der Waals surface area (Å²) in [4.78, 5) is 19.6. The molecular weight excluding hydrogens is 342 g/mol. The van der Waals surface area contributed by atoms with E-state index in [2.05, 4.69) is 16.0 Å². The number of thioether (sulfide) groups is 1. The highest BCUT2D eigenvalue weighted by molar-refractivity contribution is 8.00. The number of rotatable bonds is 4. The van der Waals surface area contributed by atoms with Crippen LogP contribution in [-0.4, -0.2) is 14.9 Å². The van der Waals surface area contributed by atoms with Crippen LogP contribution in [0.1, 0.15) is 5.69 Å². The van der Waals surface area contributed by atoms with Gasteiger partial charge in [-0.25, -0.2) is 4.98 Å². The third-order valence-electron chi connectivity index (χ3n) is 3.56. The lowest BCUT2D eigenvalue weighted by Gasteiger charge is -2.01. The Labute approximate surface area is 145 Å². The summed E-state index contributed by atoms with van der Waals surface area (Å²) in [6.45, 7) is 0. The Hall–Kier alpha value is -2.51. The molecule has 118 valence electrons. The van der Waals surface area contributed by atoms with Crippen LogP contribution in [0.5, 0.6) is 0 Å². The van der Waals surface area contributed by atoms with E-state index in [4.69, 9.17) is 0 Å². The van der Waals surface area contributed by atoms with Gasteiger partial charge in [-0.05, 0) is 18.2 Å². The van der Waals surface area contributed by atoms with E-state index in [1.54, 1.807) is 23.9 Å². The second-order valence-corrected chi connectivity index (χ2v) is 7.43. The molecule has 0 bridgehead atoms. The van der Waals surface area contributed by atoms with Gasteiger partial charge in [0.2, 0.25) is 0 Å². The second-order valence-electron chi connectivity index (χ2n) is 5.17. The molecular formula is C17H11N3O2S2. The molecule has 0 aliphatic heterocycles. The van der Waals surface area contributed by atoms with Gasteiger partial charge >= 0.3 is 0 Å². The van der Waals surface area contributed by atoms with Crippen LogP contribution < -0.4 is 0 Å². The highest BCUT2D eigenvalue weighted by Crippen LogP contribution is 2.33. The van der Waals surface area contributed by atoms with E-state index in [1.807, 2.05) is 30.3 Å². The molecule has 0 aliphatic rings. The quantitative estimate of drug-likeness (QED) is 0.292. The number of thiazole rings is 1. The first kappa shape index (κ1) is 15.0. The Morgan fingerprint density at radius 2 is 1.92 bits per heavy atom. The molecule has 0 saturated carbocycles. The number of aromatic nitrogens is 2. The third-order valence-corrected chi connectivity index (χ3v) is 5.76. The van der Waals surface area contributed by atoms with Gasteiger partial charge in [-0.1, -0.05) is 36.0 Å². The third kappa shape index (κ3) is 2.95. The first-order valence-electron chi connectivity index (χ1n) is 7.21. The van der Waals surface area contributed by atoms with Gasteiger partial charge in [-0.3, -0.25) is 15.1 Å². The zero-order valence-corrected chi connectivity index (χ0v) is 14.0. The summed E-state index contributed by atoms with van der Waals surface area (Å²) in [6.07, 6.45) is 0. The standard InChI is InChI=1S/C17H11N3O2S2/c21-20(22)13-7-8-15-16(9-13)24-17(19-15)23-10-12-6-5-11-3-1-2-4-14(11)18-12/h1-9H,10H2. The number of nitro benzene ring substituents is 1. The van der Waals surface area contributed by atoms with Crippen molar-refractivity contribution in [2.75, 3.05) is 0 Å². The van der Waals surface area contributed by atoms with Crippen LogP contribution in [0, 0.1) is 10.1 Å². The summed E-state index contributed by atoms with van der Waals surface area (Å²) in [5.74, 6) is 0.715. The van der Waals surface area contributed by atoms with E-state index in [9.17, 15) is 10.1 Å². The molecule has 0 saturated heterocycles. The Morgan fingerprint density at radius 1 is 1.04 bits per heavy atom. The first-order valence-corrected chi connectivity index (χ1v) is 9.02. The van der Waals surface area contributed by atoms with Crippen LogP contribution in [0.25, 0.3) is 21.1 Å². The van der Waals surface area contributed by atoms with Crippen molar-refractivity contribution in [3.05, 3.63) is 70.4 Å². The lowest BCUT2D eigenvalue weighted by molar-refractivity contribution is -0.384. The topological polar surface area (TPSA) is 68.9 Å². The Morgan fingerprint density at radius 3 is 2.79 bits per heavy atom. The molecule has 24 heavy (non-hydrogen) atoms. The van der Waals surface area contributed by atoms with Gasteiger partial charge in [-0.2, -0.15) is 0 Å². The van der Waals surface area contributed by atoms with Crippen LogP contribution in [0.3, 0.4) is 0 Å². The average Bonchev–Trinajstić information content (AvgIpc) is 3.01. The number of fused-ring (bicyclic) bond motifs is 2. The van der Waals surface area contributed by atoms with E-state index < -0.39 is 0 Å².